The first-order valence-corrected chi connectivity index (χ1v) is 18.6. The smallest absolute Gasteiger partial charge is 0.265 e. The summed E-state index contributed by atoms with van der Waals surface area (Å²) in [6.07, 6.45) is 13.2. The van der Waals surface area contributed by atoms with Gasteiger partial charge < -0.3 is 24.8 Å². The van der Waals surface area contributed by atoms with E-state index in [0.717, 1.165) is 38.5 Å². The Hall–Kier alpha value is -2.53. The minimum Gasteiger partial charge on any atom is -0.369 e. The van der Waals surface area contributed by atoms with Crippen molar-refractivity contribution in [3.8, 4) is 0 Å². The average molecular weight is 654 g/mol. The Morgan fingerprint density at radius 2 is 1.59 bits per heavy atom. The van der Waals surface area contributed by atoms with E-state index in [-0.39, 0.29) is 47.1 Å². The molecule has 1 spiro atoms. The van der Waals surface area contributed by atoms with Crippen molar-refractivity contribution in [2.45, 2.75) is 109 Å². The molecule has 6 aliphatic rings. The van der Waals surface area contributed by atoms with Gasteiger partial charge in [0.15, 0.2) is 0 Å². The van der Waals surface area contributed by atoms with E-state index >= 15 is 0 Å². The monoisotopic (exact) mass is 653 g/mol. The van der Waals surface area contributed by atoms with E-state index in [1.54, 1.807) is 16.6 Å². The summed E-state index contributed by atoms with van der Waals surface area (Å²) in [7, 11) is 0. The van der Waals surface area contributed by atoms with Gasteiger partial charge in [-0.3, -0.25) is 24.2 Å². The lowest BCUT2D eigenvalue weighted by Crippen LogP contribution is -2.65. The molecule has 4 heterocycles. The molecule has 0 bridgehead atoms. The highest BCUT2D eigenvalue weighted by Gasteiger charge is 2.62. The molecule has 46 heavy (non-hydrogen) atoms. The molecule has 7 rings (SSSR count). The predicted molar refractivity (Wildman–Crippen MR) is 174 cm³/mol. The first-order valence-electron chi connectivity index (χ1n) is 17.8. The van der Waals surface area contributed by atoms with E-state index < -0.39 is 23.5 Å². The van der Waals surface area contributed by atoms with Crippen molar-refractivity contribution >= 4 is 35.0 Å². The number of carbonyl (C=O) groups is 4. The average Bonchev–Trinajstić information content (AvgIpc) is 3.77. The number of aromatic nitrogens is 1. The van der Waals surface area contributed by atoms with Crippen molar-refractivity contribution in [1.29, 1.82) is 0 Å². The van der Waals surface area contributed by atoms with Crippen molar-refractivity contribution in [3.05, 3.63) is 16.6 Å². The summed E-state index contributed by atoms with van der Waals surface area (Å²) in [6.45, 7) is 9.16. The number of amides is 4. The fourth-order valence-electron chi connectivity index (χ4n) is 9.02. The van der Waals surface area contributed by atoms with Crippen LogP contribution in [-0.2, 0) is 19.1 Å². The van der Waals surface area contributed by atoms with Crippen LogP contribution in [0.5, 0.6) is 0 Å². The Kier molecular flexibility index (Phi) is 8.48. The van der Waals surface area contributed by atoms with Crippen LogP contribution in [0.2, 0.25) is 0 Å². The lowest BCUT2D eigenvalue weighted by Gasteiger charge is -2.50. The number of piperidine rings is 1. The SMILES string of the molecule is C[C@@H](OC1(C2CCCCC2)CC1)[C@H](NC(=O)[C@@H]1CN(C(=O)c2cncs2)CC12CN(C(=O)[C@H]1CC1(C)C)C2)C(=O)N1CCCCC1. The molecule has 1 aromatic heterocycles. The van der Waals surface area contributed by atoms with Crippen LogP contribution in [-0.4, -0.2) is 100 Å². The predicted octanol–water partition coefficient (Wildman–Crippen LogP) is 4.11. The molecule has 1 aromatic rings. The minimum absolute atomic E-state index is 0.0230. The van der Waals surface area contributed by atoms with Crippen molar-refractivity contribution < 1.29 is 23.9 Å². The highest BCUT2D eigenvalue weighted by Crippen LogP contribution is 2.55. The molecule has 1 N–H and O–H groups in total. The molecule has 0 unspecified atom stereocenters. The van der Waals surface area contributed by atoms with E-state index in [1.165, 1.54) is 43.4 Å². The van der Waals surface area contributed by atoms with Crippen LogP contribution in [0, 0.1) is 28.6 Å². The first kappa shape index (κ1) is 32.0. The minimum atomic E-state index is -0.792. The van der Waals surface area contributed by atoms with Gasteiger partial charge in [0.1, 0.15) is 10.9 Å². The van der Waals surface area contributed by atoms with E-state index in [0.29, 0.717) is 43.5 Å². The summed E-state index contributed by atoms with van der Waals surface area (Å²) in [4.78, 5) is 65.5. The largest absolute Gasteiger partial charge is 0.369 e. The van der Waals surface area contributed by atoms with Crippen molar-refractivity contribution in [2.75, 3.05) is 39.3 Å². The lowest BCUT2D eigenvalue weighted by molar-refractivity contribution is -0.154. The zero-order chi connectivity index (χ0) is 32.3. The zero-order valence-electron chi connectivity index (χ0n) is 27.8. The van der Waals surface area contributed by atoms with Gasteiger partial charge in [-0.15, -0.1) is 11.3 Å². The number of likely N-dealkylation sites (tertiary alicyclic amines) is 3. The van der Waals surface area contributed by atoms with Crippen LogP contribution >= 0.6 is 11.3 Å². The maximum Gasteiger partial charge on any atom is 0.265 e. The number of nitrogens with one attached hydrogen (secondary N) is 1. The Bertz CT molecular complexity index is 1330. The number of carbonyl (C=O) groups excluding carboxylic acids is 4. The summed E-state index contributed by atoms with van der Waals surface area (Å²) in [6, 6.07) is -0.792. The molecule has 10 nitrogen and oxygen atoms in total. The van der Waals surface area contributed by atoms with Gasteiger partial charge in [-0.25, -0.2) is 0 Å². The number of hydrogen-bond donors (Lipinski definition) is 1. The molecule has 6 fully saturated rings. The molecular weight excluding hydrogens is 602 g/mol. The molecule has 3 aliphatic carbocycles. The summed E-state index contributed by atoms with van der Waals surface area (Å²) >= 11 is 1.29. The molecule has 3 saturated carbocycles. The van der Waals surface area contributed by atoms with Gasteiger partial charge in [-0.2, -0.15) is 0 Å². The molecule has 4 amide bonds. The Morgan fingerprint density at radius 1 is 0.935 bits per heavy atom. The summed E-state index contributed by atoms with van der Waals surface area (Å²) < 4.78 is 6.84. The van der Waals surface area contributed by atoms with Gasteiger partial charge in [-0.05, 0) is 69.6 Å². The number of rotatable bonds is 9. The zero-order valence-corrected chi connectivity index (χ0v) is 28.6. The molecule has 4 atom stereocenters. The van der Waals surface area contributed by atoms with E-state index in [4.69, 9.17) is 4.74 Å². The third-order valence-corrected chi connectivity index (χ3v) is 13.0. The number of ether oxygens (including phenoxy) is 1. The van der Waals surface area contributed by atoms with Crippen LogP contribution in [0.15, 0.2) is 11.7 Å². The van der Waals surface area contributed by atoms with Gasteiger partial charge in [0.25, 0.3) is 5.91 Å². The van der Waals surface area contributed by atoms with Gasteiger partial charge >= 0.3 is 0 Å². The number of nitrogens with zero attached hydrogens (tertiary/aromatic N) is 4. The molecular formula is C35H51N5O5S. The molecule has 3 saturated heterocycles. The van der Waals surface area contributed by atoms with Crippen molar-refractivity contribution in [2.24, 2.45) is 28.6 Å². The van der Waals surface area contributed by atoms with Crippen LogP contribution < -0.4 is 5.32 Å². The van der Waals surface area contributed by atoms with E-state index in [1.807, 2.05) is 16.7 Å². The van der Waals surface area contributed by atoms with Gasteiger partial charge in [-0.1, -0.05) is 33.1 Å². The Labute approximate surface area is 277 Å². The summed E-state index contributed by atoms with van der Waals surface area (Å²) in [5, 5.41) is 3.21. The van der Waals surface area contributed by atoms with Crippen LogP contribution in [0.4, 0.5) is 0 Å². The second kappa shape index (κ2) is 12.2. The summed E-state index contributed by atoms with van der Waals surface area (Å²) in [5.41, 5.74) is 0.947. The third-order valence-electron chi connectivity index (χ3n) is 12.2. The van der Waals surface area contributed by atoms with E-state index in [2.05, 4.69) is 24.1 Å². The normalized spacial score (nSPS) is 29.2. The Balaban J connectivity index is 1.10. The van der Waals surface area contributed by atoms with E-state index in [9.17, 15) is 19.2 Å². The van der Waals surface area contributed by atoms with Crippen LogP contribution in [0.1, 0.15) is 101 Å². The molecule has 0 radical (unpaired) electrons. The van der Waals surface area contributed by atoms with Crippen LogP contribution in [0.25, 0.3) is 0 Å². The number of hydrogen-bond acceptors (Lipinski definition) is 7. The molecule has 0 aromatic carbocycles. The lowest BCUT2D eigenvalue weighted by atomic mass is 9.70. The maximum atomic E-state index is 14.4. The molecule has 11 heteroatoms. The van der Waals surface area contributed by atoms with Crippen molar-refractivity contribution in [3.63, 3.8) is 0 Å². The van der Waals surface area contributed by atoms with Gasteiger partial charge in [0.2, 0.25) is 17.7 Å². The standard InChI is InChI=1S/C35H51N5O5S/c1-23(45-35(12-13-35)24-10-6-4-7-11-24)28(32(44)38-14-8-5-9-15-38)37-29(41)26-18-39(31(43)27-17-36-22-46-27)19-34(26)20-40(21-34)30(42)25-16-33(25,2)3/h17,22-26,28H,4-16,18-21H2,1-3H3,(H,37,41)/t23-,25-,26+,28+/m1/s1. The second-order valence-corrected chi connectivity index (χ2v) is 16.9. The fraction of sp³-hybridized carbons (Fsp3) is 0.800. The molecule has 3 aliphatic heterocycles. The topological polar surface area (TPSA) is 112 Å². The summed E-state index contributed by atoms with van der Waals surface area (Å²) in [5.74, 6) is -0.248. The second-order valence-electron chi connectivity index (χ2n) is 16.0. The number of thiazole rings is 1. The van der Waals surface area contributed by atoms with Crippen LogP contribution in [0.3, 0.4) is 0 Å². The van der Waals surface area contributed by atoms with Crippen molar-refractivity contribution in [1.82, 2.24) is 25.0 Å². The first-order chi connectivity index (χ1) is 22.0. The van der Waals surface area contributed by atoms with Gasteiger partial charge in [0, 0.05) is 50.6 Å². The Morgan fingerprint density at radius 3 is 2.20 bits per heavy atom. The van der Waals surface area contributed by atoms with Gasteiger partial charge in [0.05, 0.1) is 29.3 Å². The quantitative estimate of drug-likeness (QED) is 0.430. The highest BCUT2D eigenvalue weighted by molar-refractivity contribution is 7.11. The highest BCUT2D eigenvalue weighted by atomic mass is 32.1. The molecule has 252 valence electrons. The third kappa shape index (κ3) is 5.99. The maximum absolute atomic E-state index is 14.4. The fourth-order valence-corrected chi connectivity index (χ4v) is 9.61.